The van der Waals surface area contributed by atoms with Crippen molar-refractivity contribution in [2.24, 2.45) is 0 Å². The van der Waals surface area contributed by atoms with Crippen molar-refractivity contribution in [1.29, 1.82) is 0 Å². The van der Waals surface area contributed by atoms with Crippen molar-refractivity contribution >= 4 is 11.9 Å². The number of likely N-dealkylation sites (N-methyl/N-ethyl adjacent to an activating group) is 1. The van der Waals surface area contributed by atoms with Crippen LogP contribution in [-0.2, 0) is 9.53 Å². The molecular weight excluding hydrogens is 194 g/mol. The van der Waals surface area contributed by atoms with Gasteiger partial charge in [0.05, 0.1) is 42.3 Å². The van der Waals surface area contributed by atoms with Crippen molar-refractivity contribution in [3.8, 4) is 0 Å². The SMILES string of the molecule is COC(=O)[C@H](C)N(C)C(N(C)C)=[N+](C)C. The molecule has 15 heavy (non-hydrogen) atoms. The molecule has 88 valence electrons. The Bertz CT molecular complexity index is 257. The number of nitrogens with zero attached hydrogens (tertiary/aromatic N) is 3. The van der Waals surface area contributed by atoms with Gasteiger partial charge in [0, 0.05) is 0 Å². The average molecular weight is 216 g/mol. The lowest BCUT2D eigenvalue weighted by Gasteiger charge is -2.24. The number of carbonyl (C=O) groups is 1. The van der Waals surface area contributed by atoms with Crippen molar-refractivity contribution in [3.63, 3.8) is 0 Å². The van der Waals surface area contributed by atoms with Crippen molar-refractivity contribution in [2.45, 2.75) is 13.0 Å². The summed E-state index contributed by atoms with van der Waals surface area (Å²) in [5.41, 5.74) is 0. The maximum atomic E-state index is 11.4. The van der Waals surface area contributed by atoms with Crippen LogP contribution >= 0.6 is 0 Å². The minimum Gasteiger partial charge on any atom is -0.466 e. The van der Waals surface area contributed by atoms with Gasteiger partial charge in [-0.15, -0.1) is 0 Å². The number of rotatable bonds is 2. The Hall–Kier alpha value is -1.26. The minimum atomic E-state index is -0.296. The molecule has 0 amide bonds. The van der Waals surface area contributed by atoms with E-state index in [1.807, 2.05) is 56.5 Å². The van der Waals surface area contributed by atoms with E-state index in [0.717, 1.165) is 5.96 Å². The maximum Gasteiger partial charge on any atom is 0.350 e. The quantitative estimate of drug-likeness (QED) is 0.274. The Morgan fingerprint density at radius 1 is 1.27 bits per heavy atom. The Kier molecular flexibility index (Phi) is 5.11. The molecule has 0 saturated carbocycles. The summed E-state index contributed by atoms with van der Waals surface area (Å²) in [6.07, 6.45) is 0. The smallest absolute Gasteiger partial charge is 0.350 e. The number of ether oxygens (including phenoxy) is 1. The van der Waals surface area contributed by atoms with Gasteiger partial charge in [0.1, 0.15) is 0 Å². The minimum absolute atomic E-state index is 0.237. The van der Waals surface area contributed by atoms with E-state index in [9.17, 15) is 4.79 Å². The molecular formula is C10H22N3O2+. The van der Waals surface area contributed by atoms with E-state index in [0.29, 0.717) is 0 Å². The first kappa shape index (κ1) is 13.7. The van der Waals surface area contributed by atoms with Gasteiger partial charge >= 0.3 is 11.9 Å². The Labute approximate surface area is 91.9 Å². The average Bonchev–Trinajstić information content (AvgIpc) is 2.14. The summed E-state index contributed by atoms with van der Waals surface area (Å²) in [4.78, 5) is 15.2. The molecule has 0 aromatic carbocycles. The van der Waals surface area contributed by atoms with Gasteiger partial charge in [-0.1, -0.05) is 0 Å². The molecule has 0 radical (unpaired) electrons. The zero-order valence-corrected chi connectivity index (χ0v) is 10.7. The monoisotopic (exact) mass is 216 g/mol. The number of esters is 1. The molecule has 0 aromatic heterocycles. The third kappa shape index (κ3) is 3.42. The van der Waals surface area contributed by atoms with Crippen LogP contribution in [0.4, 0.5) is 0 Å². The summed E-state index contributed by atoms with van der Waals surface area (Å²) < 4.78 is 6.67. The van der Waals surface area contributed by atoms with Gasteiger partial charge in [-0.3, -0.25) is 14.4 Å². The van der Waals surface area contributed by atoms with E-state index in [2.05, 4.69) is 0 Å². The van der Waals surface area contributed by atoms with Crippen LogP contribution in [0.3, 0.4) is 0 Å². The first-order valence-electron chi connectivity index (χ1n) is 4.85. The Morgan fingerprint density at radius 2 is 1.73 bits per heavy atom. The van der Waals surface area contributed by atoms with Crippen LogP contribution in [0.5, 0.6) is 0 Å². The molecule has 0 spiro atoms. The van der Waals surface area contributed by atoms with Crippen molar-refractivity contribution in [2.75, 3.05) is 42.3 Å². The fraction of sp³-hybridized carbons (Fsp3) is 0.800. The van der Waals surface area contributed by atoms with Gasteiger partial charge in [0.2, 0.25) is 0 Å². The number of methoxy groups -OCH3 is 1. The van der Waals surface area contributed by atoms with Crippen LogP contribution < -0.4 is 0 Å². The summed E-state index contributed by atoms with van der Waals surface area (Å²) >= 11 is 0. The molecule has 0 N–H and O–H groups in total. The number of guanidine groups is 1. The molecule has 0 aliphatic heterocycles. The molecule has 0 aliphatic rings. The van der Waals surface area contributed by atoms with Crippen LogP contribution in [0.1, 0.15) is 6.92 Å². The molecule has 0 saturated heterocycles. The maximum absolute atomic E-state index is 11.4. The van der Waals surface area contributed by atoms with Crippen molar-refractivity contribution in [3.05, 3.63) is 0 Å². The second-order valence-electron chi connectivity index (χ2n) is 3.90. The highest BCUT2D eigenvalue weighted by Gasteiger charge is 2.29. The van der Waals surface area contributed by atoms with Crippen LogP contribution in [0.25, 0.3) is 0 Å². The number of carbonyl (C=O) groups excluding carboxylic acids is 1. The van der Waals surface area contributed by atoms with Crippen LogP contribution in [0, 0.1) is 0 Å². The summed E-state index contributed by atoms with van der Waals surface area (Å²) in [5, 5.41) is 0. The van der Waals surface area contributed by atoms with Gasteiger partial charge < -0.3 is 4.74 Å². The Morgan fingerprint density at radius 3 is 2.00 bits per heavy atom. The van der Waals surface area contributed by atoms with Crippen LogP contribution in [0.15, 0.2) is 0 Å². The van der Waals surface area contributed by atoms with Gasteiger partial charge in [0.25, 0.3) is 0 Å². The normalized spacial score (nSPS) is 11.7. The number of hydrogen-bond acceptors (Lipinski definition) is 2. The molecule has 1 atom stereocenters. The summed E-state index contributed by atoms with van der Waals surface area (Å²) in [7, 11) is 11.0. The predicted molar refractivity (Wildman–Crippen MR) is 60.0 cm³/mol. The highest BCUT2D eigenvalue weighted by Crippen LogP contribution is 2.01. The Balaban J connectivity index is 4.89. The van der Waals surface area contributed by atoms with Crippen LogP contribution in [0.2, 0.25) is 0 Å². The fourth-order valence-corrected chi connectivity index (χ4v) is 1.53. The molecule has 0 rings (SSSR count). The molecule has 0 bridgehead atoms. The zero-order valence-electron chi connectivity index (χ0n) is 10.7. The molecule has 5 nitrogen and oxygen atoms in total. The van der Waals surface area contributed by atoms with E-state index in [1.54, 1.807) is 0 Å². The van der Waals surface area contributed by atoms with Gasteiger partial charge in [-0.2, -0.15) is 0 Å². The predicted octanol–water partition coefficient (Wildman–Crippen LogP) is -0.331. The summed E-state index contributed by atoms with van der Waals surface area (Å²) in [6.45, 7) is 1.82. The van der Waals surface area contributed by atoms with Crippen LogP contribution in [-0.4, -0.2) is 74.7 Å². The second-order valence-corrected chi connectivity index (χ2v) is 3.90. The highest BCUT2D eigenvalue weighted by atomic mass is 16.5. The molecule has 0 fully saturated rings. The topological polar surface area (TPSA) is 35.8 Å². The lowest BCUT2D eigenvalue weighted by Crippen LogP contribution is -2.50. The van der Waals surface area contributed by atoms with Gasteiger partial charge in [-0.05, 0) is 6.92 Å². The lowest BCUT2D eigenvalue weighted by molar-refractivity contribution is -0.476. The molecule has 5 heteroatoms. The van der Waals surface area contributed by atoms with E-state index in [4.69, 9.17) is 4.74 Å². The number of hydrogen-bond donors (Lipinski definition) is 0. The second kappa shape index (κ2) is 5.58. The van der Waals surface area contributed by atoms with Gasteiger partial charge in [-0.25, -0.2) is 4.79 Å². The fourth-order valence-electron chi connectivity index (χ4n) is 1.53. The van der Waals surface area contributed by atoms with E-state index >= 15 is 0 Å². The zero-order chi connectivity index (χ0) is 12.2. The van der Waals surface area contributed by atoms with E-state index < -0.39 is 0 Å². The lowest BCUT2D eigenvalue weighted by atomic mass is 10.3. The van der Waals surface area contributed by atoms with Crippen molar-refractivity contribution < 1.29 is 14.1 Å². The third-order valence-corrected chi connectivity index (χ3v) is 2.24. The first-order chi connectivity index (χ1) is 6.82. The van der Waals surface area contributed by atoms with Gasteiger partial charge in [0.15, 0.2) is 6.04 Å². The van der Waals surface area contributed by atoms with Crippen molar-refractivity contribution in [1.82, 2.24) is 9.80 Å². The van der Waals surface area contributed by atoms with E-state index in [1.165, 1.54) is 7.11 Å². The standard InChI is InChI=1S/C10H22N3O2/c1-8(9(14)15-7)13(6)10(11(2)3)12(4)5/h8H,1-7H3/q+1/t8-/m0/s1. The molecule has 0 unspecified atom stereocenters. The third-order valence-electron chi connectivity index (χ3n) is 2.24. The highest BCUT2D eigenvalue weighted by molar-refractivity contribution is 5.83. The van der Waals surface area contributed by atoms with E-state index in [-0.39, 0.29) is 12.0 Å². The summed E-state index contributed by atoms with van der Waals surface area (Å²) in [5.74, 6) is 0.714. The summed E-state index contributed by atoms with van der Waals surface area (Å²) in [6, 6.07) is -0.296. The molecule has 0 aromatic rings. The molecule has 0 heterocycles. The first-order valence-corrected chi connectivity index (χ1v) is 4.85. The molecule has 0 aliphatic carbocycles. The largest absolute Gasteiger partial charge is 0.466 e.